The van der Waals surface area contributed by atoms with E-state index in [9.17, 15) is 9.59 Å². The number of hydrogen-bond acceptors (Lipinski definition) is 4. The summed E-state index contributed by atoms with van der Waals surface area (Å²) in [6.07, 6.45) is 2.64. The number of carbonyl (C=O) groups excluding carboxylic acids is 2. The molecule has 0 spiro atoms. The average molecular weight is 419 g/mol. The SMILES string of the molecule is COC(=O)N(C)c1ccc(NC(=O)C=Cc2cc(Br)ccc2OC)cc1. The number of halogens is 1. The lowest BCUT2D eigenvalue weighted by Gasteiger charge is -2.15. The van der Waals surface area contributed by atoms with E-state index in [-0.39, 0.29) is 5.91 Å². The van der Waals surface area contributed by atoms with Gasteiger partial charge in [-0.1, -0.05) is 15.9 Å². The van der Waals surface area contributed by atoms with Crippen LogP contribution in [-0.2, 0) is 9.53 Å². The van der Waals surface area contributed by atoms with Crippen LogP contribution in [0.4, 0.5) is 16.2 Å². The fourth-order valence-corrected chi connectivity index (χ4v) is 2.57. The van der Waals surface area contributed by atoms with Gasteiger partial charge in [-0.25, -0.2) is 4.79 Å². The molecule has 7 heteroatoms. The van der Waals surface area contributed by atoms with E-state index in [4.69, 9.17) is 4.74 Å². The molecule has 2 amide bonds. The summed E-state index contributed by atoms with van der Waals surface area (Å²) in [5.41, 5.74) is 2.05. The van der Waals surface area contributed by atoms with Crippen molar-refractivity contribution in [3.63, 3.8) is 0 Å². The Kier molecular flexibility index (Phi) is 6.80. The van der Waals surface area contributed by atoms with Crippen LogP contribution in [0.15, 0.2) is 53.0 Å². The van der Waals surface area contributed by atoms with Crippen LogP contribution in [0, 0.1) is 0 Å². The molecule has 26 heavy (non-hydrogen) atoms. The van der Waals surface area contributed by atoms with Crippen molar-refractivity contribution < 1.29 is 19.1 Å². The fraction of sp³-hybridized carbons (Fsp3) is 0.158. The third kappa shape index (κ3) is 5.10. The minimum atomic E-state index is -0.465. The molecule has 0 aliphatic carbocycles. The van der Waals surface area contributed by atoms with Gasteiger partial charge in [0, 0.05) is 34.5 Å². The highest BCUT2D eigenvalue weighted by atomic mass is 79.9. The molecule has 0 unspecified atom stereocenters. The molecule has 0 saturated carbocycles. The largest absolute Gasteiger partial charge is 0.496 e. The third-order valence-corrected chi connectivity index (χ3v) is 4.07. The van der Waals surface area contributed by atoms with E-state index in [0.717, 1.165) is 10.0 Å². The van der Waals surface area contributed by atoms with Crippen LogP contribution < -0.4 is 15.0 Å². The first kappa shape index (κ1) is 19.5. The number of carbonyl (C=O) groups is 2. The topological polar surface area (TPSA) is 67.9 Å². The van der Waals surface area contributed by atoms with Gasteiger partial charge in [0.2, 0.25) is 5.91 Å². The standard InChI is InChI=1S/C19H19BrN2O4/c1-22(19(24)26-3)16-8-6-15(7-9-16)21-18(23)11-4-13-12-14(20)5-10-17(13)25-2/h4-12H,1-3H3,(H,21,23). The molecule has 0 aromatic heterocycles. The van der Waals surface area contributed by atoms with E-state index >= 15 is 0 Å². The molecule has 6 nitrogen and oxygen atoms in total. The van der Waals surface area contributed by atoms with Gasteiger partial charge in [0.25, 0.3) is 0 Å². The molecule has 0 aliphatic heterocycles. The molecule has 0 fully saturated rings. The van der Waals surface area contributed by atoms with Gasteiger partial charge in [0.15, 0.2) is 0 Å². The normalized spacial score (nSPS) is 10.5. The minimum absolute atomic E-state index is 0.277. The van der Waals surface area contributed by atoms with Crippen molar-refractivity contribution in [1.29, 1.82) is 0 Å². The monoisotopic (exact) mass is 418 g/mol. The quantitative estimate of drug-likeness (QED) is 0.734. The number of rotatable bonds is 5. The van der Waals surface area contributed by atoms with E-state index in [1.54, 1.807) is 44.5 Å². The predicted octanol–water partition coefficient (Wildman–Crippen LogP) is 4.31. The van der Waals surface area contributed by atoms with Gasteiger partial charge >= 0.3 is 6.09 Å². The fourth-order valence-electron chi connectivity index (χ4n) is 2.20. The molecule has 0 aliphatic rings. The summed E-state index contributed by atoms with van der Waals surface area (Å²) in [6.45, 7) is 0. The molecule has 0 atom stereocenters. The Hall–Kier alpha value is -2.80. The summed E-state index contributed by atoms with van der Waals surface area (Å²) < 4.78 is 10.8. The molecule has 2 aromatic rings. The summed E-state index contributed by atoms with van der Waals surface area (Å²) in [7, 11) is 4.50. The number of hydrogen-bond donors (Lipinski definition) is 1. The van der Waals surface area contributed by atoms with Crippen molar-refractivity contribution in [2.24, 2.45) is 0 Å². The zero-order chi connectivity index (χ0) is 19.1. The molecule has 0 bridgehead atoms. The van der Waals surface area contributed by atoms with Gasteiger partial charge in [-0.15, -0.1) is 0 Å². The van der Waals surface area contributed by atoms with Crippen LogP contribution in [0.5, 0.6) is 5.75 Å². The van der Waals surface area contributed by atoms with Crippen molar-refractivity contribution >= 4 is 45.4 Å². The molecule has 0 heterocycles. The predicted molar refractivity (Wildman–Crippen MR) is 106 cm³/mol. The van der Waals surface area contributed by atoms with Gasteiger partial charge in [0.05, 0.1) is 14.2 Å². The maximum atomic E-state index is 12.1. The molecule has 136 valence electrons. The summed E-state index contributed by atoms with van der Waals surface area (Å²) in [6, 6.07) is 12.4. The lowest BCUT2D eigenvalue weighted by molar-refractivity contribution is -0.111. The molecule has 0 radical (unpaired) electrons. The number of anilines is 2. The average Bonchev–Trinajstić information content (AvgIpc) is 2.66. The third-order valence-electron chi connectivity index (χ3n) is 3.58. The highest BCUT2D eigenvalue weighted by molar-refractivity contribution is 9.10. The number of ether oxygens (including phenoxy) is 2. The van der Waals surface area contributed by atoms with E-state index in [1.807, 2.05) is 18.2 Å². The highest BCUT2D eigenvalue weighted by Crippen LogP contribution is 2.24. The van der Waals surface area contributed by atoms with Gasteiger partial charge < -0.3 is 14.8 Å². The van der Waals surface area contributed by atoms with Crippen LogP contribution in [0.2, 0.25) is 0 Å². The lowest BCUT2D eigenvalue weighted by atomic mass is 10.2. The van der Waals surface area contributed by atoms with Crippen LogP contribution in [-0.4, -0.2) is 33.3 Å². The Bertz CT molecular complexity index is 819. The number of amides is 2. The van der Waals surface area contributed by atoms with Crippen LogP contribution in [0.1, 0.15) is 5.56 Å². The van der Waals surface area contributed by atoms with Gasteiger partial charge in [-0.3, -0.25) is 9.69 Å². The smallest absolute Gasteiger partial charge is 0.413 e. The molecule has 2 aromatic carbocycles. The maximum absolute atomic E-state index is 12.1. The van der Waals surface area contributed by atoms with Gasteiger partial charge in [-0.05, 0) is 48.5 Å². The molecular weight excluding hydrogens is 400 g/mol. The number of nitrogens with one attached hydrogen (secondary N) is 1. The van der Waals surface area contributed by atoms with E-state index in [2.05, 4.69) is 26.0 Å². The Morgan fingerprint density at radius 2 is 1.81 bits per heavy atom. The van der Waals surface area contributed by atoms with Crippen molar-refractivity contribution in [2.45, 2.75) is 0 Å². The number of nitrogens with zero attached hydrogens (tertiary/aromatic N) is 1. The van der Waals surface area contributed by atoms with Crippen LogP contribution >= 0.6 is 15.9 Å². The summed E-state index contributed by atoms with van der Waals surface area (Å²) in [4.78, 5) is 25.0. The Labute approximate surface area is 160 Å². The molecule has 0 saturated heterocycles. The second kappa shape index (κ2) is 9.05. The summed E-state index contributed by atoms with van der Waals surface area (Å²) >= 11 is 3.39. The zero-order valence-corrected chi connectivity index (χ0v) is 16.2. The second-order valence-electron chi connectivity index (χ2n) is 5.28. The van der Waals surface area contributed by atoms with Crippen LogP contribution in [0.3, 0.4) is 0 Å². The second-order valence-corrected chi connectivity index (χ2v) is 6.20. The lowest BCUT2D eigenvalue weighted by Crippen LogP contribution is -2.25. The van der Waals surface area contributed by atoms with E-state index in [0.29, 0.717) is 17.1 Å². The Balaban J connectivity index is 2.04. The minimum Gasteiger partial charge on any atom is -0.496 e. The highest BCUT2D eigenvalue weighted by Gasteiger charge is 2.10. The number of benzene rings is 2. The summed E-state index contributed by atoms with van der Waals surface area (Å²) in [5.74, 6) is 0.397. The van der Waals surface area contributed by atoms with Gasteiger partial charge in [0.1, 0.15) is 5.75 Å². The number of methoxy groups -OCH3 is 2. The first-order valence-electron chi connectivity index (χ1n) is 7.69. The Morgan fingerprint density at radius 1 is 1.12 bits per heavy atom. The van der Waals surface area contributed by atoms with Crippen molar-refractivity contribution in [3.8, 4) is 5.75 Å². The first-order chi connectivity index (χ1) is 12.4. The maximum Gasteiger partial charge on any atom is 0.413 e. The molecule has 1 N–H and O–H groups in total. The van der Waals surface area contributed by atoms with Gasteiger partial charge in [-0.2, -0.15) is 0 Å². The van der Waals surface area contributed by atoms with Crippen LogP contribution in [0.25, 0.3) is 6.08 Å². The van der Waals surface area contributed by atoms with Crippen molar-refractivity contribution in [2.75, 3.05) is 31.5 Å². The summed E-state index contributed by atoms with van der Waals surface area (Å²) in [5, 5.41) is 2.76. The zero-order valence-electron chi connectivity index (χ0n) is 14.7. The van der Waals surface area contributed by atoms with E-state index in [1.165, 1.54) is 18.1 Å². The first-order valence-corrected chi connectivity index (χ1v) is 8.48. The Morgan fingerprint density at radius 3 is 2.42 bits per heavy atom. The van der Waals surface area contributed by atoms with E-state index < -0.39 is 6.09 Å². The van der Waals surface area contributed by atoms with Crippen molar-refractivity contribution in [3.05, 3.63) is 58.6 Å². The van der Waals surface area contributed by atoms with Crippen molar-refractivity contribution in [1.82, 2.24) is 0 Å². The molecular formula is C19H19BrN2O4. The molecule has 2 rings (SSSR count).